The van der Waals surface area contributed by atoms with Crippen molar-refractivity contribution in [1.29, 1.82) is 0 Å². The molecular weight excluding hydrogens is 296 g/mol. The van der Waals surface area contributed by atoms with Crippen LogP contribution in [-0.4, -0.2) is 22.8 Å². The number of nitrogens with one attached hydrogen (secondary N) is 1. The third kappa shape index (κ3) is 2.71. The van der Waals surface area contributed by atoms with Crippen molar-refractivity contribution in [3.63, 3.8) is 0 Å². The van der Waals surface area contributed by atoms with E-state index in [1.807, 2.05) is 54.6 Å². The first-order valence-corrected chi connectivity index (χ1v) is 7.56. The SMILES string of the molecule is CN=C(c1ccc(-c2ccccc2)cc1)c1sc(=O)[nH]c1O. The van der Waals surface area contributed by atoms with Gasteiger partial charge in [0.05, 0.1) is 5.71 Å². The molecule has 2 N–H and O–H groups in total. The molecule has 0 amide bonds. The summed E-state index contributed by atoms with van der Waals surface area (Å²) in [6.45, 7) is 0. The lowest BCUT2D eigenvalue weighted by Gasteiger charge is -2.06. The number of benzene rings is 2. The molecule has 22 heavy (non-hydrogen) atoms. The second kappa shape index (κ2) is 5.99. The van der Waals surface area contributed by atoms with Crippen molar-refractivity contribution in [2.45, 2.75) is 0 Å². The summed E-state index contributed by atoms with van der Waals surface area (Å²) in [5.74, 6) is -0.136. The van der Waals surface area contributed by atoms with Crippen LogP contribution in [0.1, 0.15) is 10.4 Å². The topological polar surface area (TPSA) is 65.5 Å². The highest BCUT2D eigenvalue weighted by molar-refractivity contribution is 7.12. The Labute approximate surface area is 131 Å². The summed E-state index contributed by atoms with van der Waals surface area (Å²) in [4.78, 5) is 18.1. The largest absolute Gasteiger partial charge is 0.493 e. The fraction of sp³-hybridized carbons (Fsp3) is 0.0588. The van der Waals surface area contributed by atoms with Crippen molar-refractivity contribution >= 4 is 17.0 Å². The van der Waals surface area contributed by atoms with E-state index < -0.39 is 0 Å². The van der Waals surface area contributed by atoms with Crippen LogP contribution < -0.4 is 4.87 Å². The van der Waals surface area contributed by atoms with Gasteiger partial charge in [0.1, 0.15) is 4.88 Å². The average Bonchev–Trinajstić information content (AvgIpc) is 2.88. The van der Waals surface area contributed by atoms with Crippen LogP contribution in [0.5, 0.6) is 5.88 Å². The van der Waals surface area contributed by atoms with Gasteiger partial charge in [0.15, 0.2) is 0 Å². The van der Waals surface area contributed by atoms with Gasteiger partial charge in [0.2, 0.25) is 5.88 Å². The Hall–Kier alpha value is -2.66. The highest BCUT2D eigenvalue weighted by Gasteiger charge is 2.15. The van der Waals surface area contributed by atoms with E-state index in [9.17, 15) is 9.90 Å². The summed E-state index contributed by atoms with van der Waals surface area (Å²) in [5.41, 5.74) is 3.69. The van der Waals surface area contributed by atoms with E-state index in [1.165, 1.54) is 0 Å². The number of hydrogen-bond donors (Lipinski definition) is 2. The summed E-state index contributed by atoms with van der Waals surface area (Å²) < 4.78 is 0. The van der Waals surface area contributed by atoms with E-state index in [0.29, 0.717) is 10.6 Å². The molecule has 0 aliphatic carbocycles. The number of H-pyrrole nitrogens is 1. The van der Waals surface area contributed by atoms with E-state index in [0.717, 1.165) is 28.0 Å². The summed E-state index contributed by atoms with van der Waals surface area (Å²) in [7, 11) is 1.64. The average molecular weight is 310 g/mol. The minimum atomic E-state index is -0.297. The molecule has 0 aliphatic rings. The fourth-order valence-corrected chi connectivity index (χ4v) is 3.08. The van der Waals surface area contributed by atoms with Crippen molar-refractivity contribution in [2.75, 3.05) is 7.05 Å². The van der Waals surface area contributed by atoms with Crippen LogP contribution in [0.4, 0.5) is 0 Å². The zero-order valence-electron chi connectivity index (χ0n) is 11.9. The molecule has 3 aromatic rings. The Morgan fingerprint density at radius 2 is 1.68 bits per heavy atom. The first kappa shape index (κ1) is 14.3. The van der Waals surface area contributed by atoms with Crippen LogP contribution in [0.15, 0.2) is 64.4 Å². The number of hydrogen-bond acceptors (Lipinski definition) is 4. The molecule has 0 saturated heterocycles. The Kier molecular flexibility index (Phi) is 3.89. The van der Waals surface area contributed by atoms with Crippen LogP contribution in [0.2, 0.25) is 0 Å². The predicted octanol–water partition coefficient (Wildman–Crippen LogP) is 3.28. The molecule has 0 saturated carbocycles. The Bertz CT molecular complexity index is 862. The van der Waals surface area contributed by atoms with E-state index in [4.69, 9.17) is 0 Å². The normalized spacial score (nSPS) is 11.6. The Balaban J connectivity index is 1.98. The minimum absolute atomic E-state index is 0.136. The second-order valence-corrected chi connectivity index (χ2v) is 5.69. The van der Waals surface area contributed by atoms with E-state index >= 15 is 0 Å². The number of aromatic amines is 1. The van der Waals surface area contributed by atoms with Gasteiger partial charge in [0, 0.05) is 12.6 Å². The lowest BCUT2D eigenvalue weighted by molar-refractivity contribution is 0.455. The van der Waals surface area contributed by atoms with Crippen molar-refractivity contribution in [3.8, 4) is 17.0 Å². The monoisotopic (exact) mass is 310 g/mol. The predicted molar refractivity (Wildman–Crippen MR) is 90.0 cm³/mol. The third-order valence-corrected chi connectivity index (χ3v) is 4.21. The third-order valence-electron chi connectivity index (χ3n) is 3.33. The van der Waals surface area contributed by atoms with Crippen LogP contribution >= 0.6 is 11.3 Å². The number of thiazole rings is 1. The lowest BCUT2D eigenvalue weighted by atomic mass is 10.0. The maximum atomic E-state index is 11.3. The molecule has 0 fully saturated rings. The van der Waals surface area contributed by atoms with Gasteiger partial charge in [-0.05, 0) is 11.1 Å². The van der Waals surface area contributed by atoms with Crippen LogP contribution in [0.25, 0.3) is 11.1 Å². The molecule has 1 heterocycles. The van der Waals surface area contributed by atoms with Crippen LogP contribution in [0.3, 0.4) is 0 Å². The lowest BCUT2D eigenvalue weighted by Crippen LogP contribution is -2.01. The molecule has 110 valence electrons. The molecule has 5 heteroatoms. The number of aliphatic imine (C=N–C) groups is 1. The fourth-order valence-electron chi connectivity index (χ4n) is 2.29. The van der Waals surface area contributed by atoms with Gasteiger partial charge in [-0.25, -0.2) is 0 Å². The van der Waals surface area contributed by atoms with Gasteiger partial charge >= 0.3 is 4.87 Å². The zero-order valence-corrected chi connectivity index (χ0v) is 12.7. The van der Waals surface area contributed by atoms with Crippen molar-refractivity contribution in [3.05, 3.63) is 74.7 Å². The highest BCUT2D eigenvalue weighted by Crippen LogP contribution is 2.24. The molecule has 0 unspecified atom stereocenters. The quantitative estimate of drug-likeness (QED) is 0.729. The van der Waals surface area contributed by atoms with Gasteiger partial charge in [-0.1, -0.05) is 65.9 Å². The molecule has 0 spiro atoms. The van der Waals surface area contributed by atoms with Crippen molar-refractivity contribution < 1.29 is 5.11 Å². The van der Waals surface area contributed by atoms with Gasteiger partial charge in [-0.15, -0.1) is 0 Å². The molecule has 2 aromatic carbocycles. The molecule has 4 nitrogen and oxygen atoms in total. The Morgan fingerprint density at radius 3 is 2.23 bits per heavy atom. The van der Waals surface area contributed by atoms with E-state index in [2.05, 4.69) is 9.98 Å². The number of aromatic nitrogens is 1. The maximum absolute atomic E-state index is 11.3. The summed E-state index contributed by atoms with van der Waals surface area (Å²) >= 11 is 0.951. The van der Waals surface area contributed by atoms with Gasteiger partial charge in [-0.3, -0.25) is 14.8 Å². The summed E-state index contributed by atoms with van der Waals surface area (Å²) in [6.07, 6.45) is 0. The minimum Gasteiger partial charge on any atom is -0.493 e. The van der Waals surface area contributed by atoms with Crippen molar-refractivity contribution in [1.82, 2.24) is 4.98 Å². The summed E-state index contributed by atoms with van der Waals surface area (Å²) in [5, 5.41) is 9.80. The zero-order chi connectivity index (χ0) is 15.5. The van der Waals surface area contributed by atoms with Gasteiger partial charge in [-0.2, -0.15) is 0 Å². The molecule has 0 bridgehead atoms. The van der Waals surface area contributed by atoms with Crippen LogP contribution in [-0.2, 0) is 0 Å². The van der Waals surface area contributed by atoms with Gasteiger partial charge in [0.25, 0.3) is 0 Å². The van der Waals surface area contributed by atoms with Crippen molar-refractivity contribution in [2.24, 2.45) is 4.99 Å². The molecule has 0 radical (unpaired) electrons. The number of aromatic hydroxyl groups is 1. The second-order valence-electron chi connectivity index (χ2n) is 4.71. The highest BCUT2D eigenvalue weighted by atomic mass is 32.1. The molecule has 1 aromatic heterocycles. The molecule has 0 atom stereocenters. The standard InChI is InChI=1S/C17H14N2O2S/c1-18-14(15-16(20)19-17(21)22-15)13-9-7-12(8-10-13)11-5-3-2-4-6-11/h2-10,20H,1H3,(H,19,21). The first-order chi connectivity index (χ1) is 10.7. The molecular formula is C17H14N2O2S. The molecule has 0 aliphatic heterocycles. The number of rotatable bonds is 3. The smallest absolute Gasteiger partial charge is 0.308 e. The number of nitrogens with zero attached hydrogens (tertiary/aromatic N) is 1. The molecule has 3 rings (SSSR count). The van der Waals surface area contributed by atoms with Crippen LogP contribution in [0, 0.1) is 0 Å². The first-order valence-electron chi connectivity index (χ1n) is 6.74. The van der Waals surface area contributed by atoms with E-state index in [1.54, 1.807) is 7.05 Å². The van der Waals surface area contributed by atoms with E-state index in [-0.39, 0.29) is 10.8 Å². The Morgan fingerprint density at radius 1 is 1.05 bits per heavy atom. The maximum Gasteiger partial charge on any atom is 0.308 e. The van der Waals surface area contributed by atoms with Gasteiger partial charge < -0.3 is 5.11 Å². The summed E-state index contributed by atoms with van der Waals surface area (Å²) in [6, 6.07) is 18.0.